The molecule has 10 heteroatoms. The number of carbonyl (C=O) groups is 1. The van der Waals surface area contributed by atoms with Crippen molar-refractivity contribution in [1.82, 2.24) is 19.6 Å². The van der Waals surface area contributed by atoms with E-state index in [0.717, 1.165) is 51.5 Å². The zero-order valence-corrected chi connectivity index (χ0v) is 15.3. The van der Waals surface area contributed by atoms with Crippen LogP contribution in [0.15, 0.2) is 18.5 Å². The van der Waals surface area contributed by atoms with E-state index in [1.165, 1.54) is 10.6 Å². The first-order chi connectivity index (χ1) is 12.8. The van der Waals surface area contributed by atoms with Crippen LogP contribution in [0.4, 0.5) is 13.2 Å². The number of ether oxygens (including phenoxy) is 1. The largest absolute Gasteiger partial charge is 0.417 e. The maximum Gasteiger partial charge on any atom is 0.417 e. The lowest BCUT2D eigenvalue weighted by Crippen LogP contribution is -2.38. The molecule has 1 aliphatic heterocycles. The number of morpholine rings is 1. The number of hydrogen-bond acceptors (Lipinski definition) is 4. The summed E-state index contributed by atoms with van der Waals surface area (Å²) in [6.45, 7) is 4.68. The van der Waals surface area contributed by atoms with Crippen LogP contribution < -0.4 is 5.32 Å². The molecule has 2 aromatic heterocycles. The van der Waals surface area contributed by atoms with Gasteiger partial charge in [0.2, 0.25) is 5.91 Å². The third-order valence-electron chi connectivity index (χ3n) is 4.30. The smallest absolute Gasteiger partial charge is 0.379 e. The average Bonchev–Trinajstić information content (AvgIpc) is 3.02. The lowest BCUT2D eigenvalue weighted by atomic mass is 10.3. The van der Waals surface area contributed by atoms with Crippen molar-refractivity contribution in [2.45, 2.75) is 19.0 Å². The SMILES string of the molecule is O=C(Cc1cn2cc(C(F)(F)F)cc(Cl)c2n1)NCCCN1CCOCC1. The number of pyridine rings is 1. The van der Waals surface area contributed by atoms with Crippen LogP contribution in [-0.2, 0) is 22.1 Å². The third-order valence-corrected chi connectivity index (χ3v) is 4.58. The molecule has 1 N–H and O–H groups in total. The van der Waals surface area contributed by atoms with Crippen molar-refractivity contribution >= 4 is 23.2 Å². The van der Waals surface area contributed by atoms with Gasteiger partial charge in [0.15, 0.2) is 5.65 Å². The first-order valence-corrected chi connectivity index (χ1v) is 9.02. The van der Waals surface area contributed by atoms with Gasteiger partial charge in [0.1, 0.15) is 0 Å². The normalized spacial score (nSPS) is 16.0. The molecular weight excluding hydrogens is 385 g/mol. The van der Waals surface area contributed by atoms with Crippen molar-refractivity contribution < 1.29 is 22.7 Å². The van der Waals surface area contributed by atoms with Crippen molar-refractivity contribution in [2.75, 3.05) is 39.4 Å². The number of rotatable bonds is 6. The van der Waals surface area contributed by atoms with E-state index in [0.29, 0.717) is 12.2 Å². The topological polar surface area (TPSA) is 58.9 Å². The molecule has 2 aromatic rings. The molecule has 0 aliphatic carbocycles. The Hall–Kier alpha value is -1.84. The molecule has 1 amide bonds. The van der Waals surface area contributed by atoms with Crippen LogP contribution in [0, 0.1) is 0 Å². The maximum atomic E-state index is 12.9. The molecule has 27 heavy (non-hydrogen) atoms. The highest BCUT2D eigenvalue weighted by atomic mass is 35.5. The van der Waals surface area contributed by atoms with Gasteiger partial charge in [0.25, 0.3) is 0 Å². The van der Waals surface area contributed by atoms with E-state index in [4.69, 9.17) is 16.3 Å². The van der Waals surface area contributed by atoms with Crippen LogP contribution in [0.1, 0.15) is 17.7 Å². The molecule has 0 saturated carbocycles. The number of nitrogens with zero attached hydrogens (tertiary/aromatic N) is 3. The molecular formula is C17H20ClF3N4O2. The lowest BCUT2D eigenvalue weighted by Gasteiger charge is -2.26. The highest BCUT2D eigenvalue weighted by Gasteiger charge is 2.32. The minimum atomic E-state index is -4.50. The Kier molecular flexibility index (Phi) is 6.23. The number of aromatic nitrogens is 2. The molecule has 0 unspecified atom stereocenters. The van der Waals surface area contributed by atoms with E-state index in [2.05, 4.69) is 15.2 Å². The molecule has 0 aromatic carbocycles. The molecule has 3 heterocycles. The van der Waals surface area contributed by atoms with Crippen LogP contribution in [-0.4, -0.2) is 59.6 Å². The molecule has 1 aliphatic rings. The summed E-state index contributed by atoms with van der Waals surface area (Å²) >= 11 is 5.90. The maximum absolute atomic E-state index is 12.9. The Balaban J connectivity index is 1.53. The molecule has 0 radical (unpaired) electrons. The van der Waals surface area contributed by atoms with E-state index >= 15 is 0 Å². The predicted molar refractivity (Wildman–Crippen MR) is 93.8 cm³/mol. The third kappa shape index (κ3) is 5.33. The molecule has 1 saturated heterocycles. The molecule has 1 fully saturated rings. The van der Waals surface area contributed by atoms with Crippen molar-refractivity contribution in [3.63, 3.8) is 0 Å². The number of imidazole rings is 1. The highest BCUT2D eigenvalue weighted by molar-refractivity contribution is 6.33. The van der Waals surface area contributed by atoms with Crippen molar-refractivity contribution in [1.29, 1.82) is 0 Å². The molecule has 148 valence electrons. The standard InChI is InChI=1S/C17H20ClF3N4O2/c18-14-8-12(17(19,20)21)10-25-11-13(23-16(14)25)9-15(26)22-2-1-3-24-4-6-27-7-5-24/h8,10-11H,1-7,9H2,(H,22,26). The van der Waals surface area contributed by atoms with E-state index in [-0.39, 0.29) is 23.0 Å². The summed E-state index contributed by atoms with van der Waals surface area (Å²) in [7, 11) is 0. The fourth-order valence-electron chi connectivity index (χ4n) is 2.93. The van der Waals surface area contributed by atoms with E-state index in [9.17, 15) is 18.0 Å². The fourth-order valence-corrected chi connectivity index (χ4v) is 3.19. The summed E-state index contributed by atoms with van der Waals surface area (Å²) < 4.78 is 45.0. The lowest BCUT2D eigenvalue weighted by molar-refractivity contribution is -0.137. The van der Waals surface area contributed by atoms with Gasteiger partial charge in [0.05, 0.1) is 35.9 Å². The second-order valence-corrected chi connectivity index (χ2v) is 6.78. The zero-order chi connectivity index (χ0) is 19.4. The van der Waals surface area contributed by atoms with Gasteiger partial charge in [-0.05, 0) is 19.0 Å². The Bertz CT molecular complexity index is 803. The molecule has 6 nitrogen and oxygen atoms in total. The quantitative estimate of drug-likeness (QED) is 0.751. The molecule has 0 atom stereocenters. The summed E-state index contributed by atoms with van der Waals surface area (Å²) in [4.78, 5) is 18.5. The number of fused-ring (bicyclic) bond motifs is 1. The minimum Gasteiger partial charge on any atom is -0.379 e. The van der Waals surface area contributed by atoms with Gasteiger partial charge in [-0.25, -0.2) is 4.98 Å². The molecule has 3 rings (SSSR count). The van der Waals surface area contributed by atoms with Gasteiger partial charge in [-0.3, -0.25) is 9.69 Å². The monoisotopic (exact) mass is 404 g/mol. The average molecular weight is 405 g/mol. The van der Waals surface area contributed by atoms with E-state index < -0.39 is 11.7 Å². The second-order valence-electron chi connectivity index (χ2n) is 6.37. The summed E-state index contributed by atoms with van der Waals surface area (Å²) in [6.07, 6.45) is -1.39. The number of nitrogens with one attached hydrogen (secondary N) is 1. The van der Waals surface area contributed by atoms with Gasteiger partial charge in [-0.2, -0.15) is 13.2 Å². The number of carbonyl (C=O) groups excluding carboxylic acids is 1. The minimum absolute atomic E-state index is 0.0170. The number of amides is 1. The van der Waals surface area contributed by atoms with Gasteiger partial charge >= 0.3 is 6.18 Å². The van der Waals surface area contributed by atoms with Crippen molar-refractivity contribution in [2.24, 2.45) is 0 Å². The Morgan fingerprint density at radius 3 is 2.74 bits per heavy atom. The Morgan fingerprint density at radius 2 is 2.04 bits per heavy atom. The van der Waals surface area contributed by atoms with Gasteiger partial charge in [0, 0.05) is 32.0 Å². The molecule has 0 spiro atoms. The van der Waals surface area contributed by atoms with Crippen LogP contribution >= 0.6 is 11.6 Å². The van der Waals surface area contributed by atoms with Crippen molar-refractivity contribution in [3.8, 4) is 0 Å². The Labute approximate surface area is 159 Å². The van der Waals surface area contributed by atoms with Crippen molar-refractivity contribution in [3.05, 3.63) is 34.7 Å². The van der Waals surface area contributed by atoms with Crippen LogP contribution in [0.25, 0.3) is 5.65 Å². The highest BCUT2D eigenvalue weighted by Crippen LogP contribution is 2.32. The summed E-state index contributed by atoms with van der Waals surface area (Å²) in [5.74, 6) is -0.229. The van der Waals surface area contributed by atoms with Gasteiger partial charge in [-0.1, -0.05) is 11.6 Å². The second kappa shape index (κ2) is 8.45. The van der Waals surface area contributed by atoms with E-state index in [1.54, 1.807) is 0 Å². The van der Waals surface area contributed by atoms with Crippen LogP contribution in [0.3, 0.4) is 0 Å². The first kappa shape index (κ1) is 19.9. The van der Waals surface area contributed by atoms with Gasteiger partial charge in [-0.15, -0.1) is 0 Å². The summed E-state index contributed by atoms with van der Waals surface area (Å²) in [6, 6.07) is 0.833. The van der Waals surface area contributed by atoms with E-state index in [1.807, 2.05) is 0 Å². The van der Waals surface area contributed by atoms with Gasteiger partial charge < -0.3 is 14.5 Å². The predicted octanol–water partition coefficient (Wildman–Crippen LogP) is 2.39. The summed E-state index contributed by atoms with van der Waals surface area (Å²) in [5.41, 5.74) is -0.307. The van der Waals surface area contributed by atoms with Crippen LogP contribution in [0.2, 0.25) is 5.02 Å². The summed E-state index contributed by atoms with van der Waals surface area (Å²) in [5, 5.41) is 2.70. The zero-order valence-electron chi connectivity index (χ0n) is 14.6. The van der Waals surface area contributed by atoms with Crippen LogP contribution in [0.5, 0.6) is 0 Å². The number of halogens is 4. The fraction of sp³-hybridized carbons (Fsp3) is 0.529. The first-order valence-electron chi connectivity index (χ1n) is 8.64. The molecule has 0 bridgehead atoms. The number of alkyl halides is 3. The number of hydrogen-bond donors (Lipinski definition) is 1. The Morgan fingerprint density at radius 1 is 1.30 bits per heavy atom.